The third-order valence-electron chi connectivity index (χ3n) is 4.96. The van der Waals surface area contributed by atoms with Gasteiger partial charge < -0.3 is 19.4 Å². The van der Waals surface area contributed by atoms with Gasteiger partial charge in [-0.1, -0.05) is 12.1 Å². The Labute approximate surface area is 189 Å². The van der Waals surface area contributed by atoms with Crippen LogP contribution in [-0.4, -0.2) is 62.6 Å². The molecule has 0 radical (unpaired) electrons. The first-order valence-electron chi connectivity index (χ1n) is 9.54. The minimum atomic E-state index is -0.241. The molecule has 0 saturated carbocycles. The number of halogens is 2. The normalized spacial score (nSPS) is 21.0. The van der Waals surface area contributed by atoms with Crippen molar-refractivity contribution in [3.63, 3.8) is 0 Å². The van der Waals surface area contributed by atoms with Crippen LogP contribution >= 0.6 is 24.0 Å². The van der Waals surface area contributed by atoms with Gasteiger partial charge >= 0.3 is 0 Å². The van der Waals surface area contributed by atoms with Crippen LogP contribution in [0.3, 0.4) is 0 Å². The molecule has 2 heterocycles. The molecule has 8 heteroatoms. The van der Waals surface area contributed by atoms with Crippen molar-refractivity contribution in [1.29, 1.82) is 0 Å². The molecule has 2 aromatic rings. The van der Waals surface area contributed by atoms with E-state index in [-0.39, 0.29) is 48.0 Å². The number of nitrogens with one attached hydrogen (secondary N) is 1. The van der Waals surface area contributed by atoms with Crippen molar-refractivity contribution in [1.82, 2.24) is 15.1 Å². The molecule has 160 valence electrons. The average molecular weight is 516 g/mol. The SMILES string of the molecule is CN=C(NCC(c1ccco1)N(C)C)N1CC(C)OC(c2ccc(F)cc2)C1.I. The van der Waals surface area contributed by atoms with Crippen LogP contribution in [-0.2, 0) is 4.74 Å². The Morgan fingerprint density at radius 1 is 1.28 bits per heavy atom. The molecule has 3 unspecified atom stereocenters. The maximum Gasteiger partial charge on any atom is 0.193 e. The maximum absolute atomic E-state index is 13.3. The zero-order valence-electron chi connectivity index (χ0n) is 17.3. The molecule has 6 nitrogen and oxygen atoms in total. The number of guanidine groups is 1. The molecular formula is C21H30FIN4O2. The minimum Gasteiger partial charge on any atom is -0.468 e. The van der Waals surface area contributed by atoms with E-state index in [1.807, 2.05) is 33.2 Å². The summed E-state index contributed by atoms with van der Waals surface area (Å²) in [5.74, 6) is 1.49. The van der Waals surface area contributed by atoms with Crippen LogP contribution in [0.25, 0.3) is 0 Å². The Balaban J connectivity index is 0.00000300. The molecule has 1 aromatic carbocycles. The van der Waals surface area contributed by atoms with Gasteiger partial charge in [0.15, 0.2) is 5.96 Å². The Morgan fingerprint density at radius 2 is 2.00 bits per heavy atom. The quantitative estimate of drug-likeness (QED) is 0.374. The summed E-state index contributed by atoms with van der Waals surface area (Å²) in [7, 11) is 5.84. The maximum atomic E-state index is 13.3. The van der Waals surface area contributed by atoms with E-state index in [1.54, 1.807) is 25.4 Å². The van der Waals surface area contributed by atoms with Crippen molar-refractivity contribution in [2.24, 2.45) is 4.99 Å². The molecule has 3 rings (SSSR count). The van der Waals surface area contributed by atoms with E-state index in [2.05, 4.69) is 20.1 Å². The van der Waals surface area contributed by atoms with Gasteiger partial charge in [-0.05, 0) is 50.8 Å². The fourth-order valence-electron chi connectivity index (χ4n) is 3.52. The summed E-state index contributed by atoms with van der Waals surface area (Å²) < 4.78 is 24.9. The Hall–Kier alpha value is -1.65. The number of rotatable bonds is 5. The van der Waals surface area contributed by atoms with Crippen molar-refractivity contribution >= 4 is 29.9 Å². The zero-order valence-corrected chi connectivity index (χ0v) is 19.7. The van der Waals surface area contributed by atoms with E-state index in [0.29, 0.717) is 13.1 Å². The van der Waals surface area contributed by atoms with Crippen LogP contribution in [0.1, 0.15) is 30.4 Å². The highest BCUT2D eigenvalue weighted by molar-refractivity contribution is 14.0. The van der Waals surface area contributed by atoms with Gasteiger partial charge in [-0.15, -0.1) is 24.0 Å². The number of aliphatic imine (C=N–C) groups is 1. The topological polar surface area (TPSA) is 53.2 Å². The van der Waals surface area contributed by atoms with Gasteiger partial charge in [0.2, 0.25) is 0 Å². The molecule has 0 bridgehead atoms. The Kier molecular flexibility index (Phi) is 8.91. The molecule has 0 amide bonds. The summed E-state index contributed by atoms with van der Waals surface area (Å²) in [4.78, 5) is 8.77. The lowest BCUT2D eigenvalue weighted by molar-refractivity contribution is -0.0605. The number of furan rings is 1. The third-order valence-corrected chi connectivity index (χ3v) is 4.96. The smallest absolute Gasteiger partial charge is 0.193 e. The fraction of sp³-hybridized carbons (Fsp3) is 0.476. The monoisotopic (exact) mass is 516 g/mol. The number of hydrogen-bond donors (Lipinski definition) is 1. The first-order valence-corrected chi connectivity index (χ1v) is 9.54. The predicted octanol–water partition coefficient (Wildman–Crippen LogP) is 3.68. The van der Waals surface area contributed by atoms with Gasteiger partial charge in [-0.2, -0.15) is 0 Å². The standard InChI is InChI=1S/C21H29FN4O2.HI/c1-15-13-26(14-20(28-15)16-7-9-17(22)10-8-16)21(23-2)24-12-18(25(3)4)19-6-5-11-27-19;/h5-11,15,18,20H,12-14H2,1-4H3,(H,23,24);1H. The molecule has 1 N–H and O–H groups in total. The molecule has 0 spiro atoms. The second-order valence-corrected chi connectivity index (χ2v) is 7.31. The highest BCUT2D eigenvalue weighted by Gasteiger charge is 2.29. The highest BCUT2D eigenvalue weighted by atomic mass is 127. The van der Waals surface area contributed by atoms with E-state index in [1.165, 1.54) is 12.1 Å². The van der Waals surface area contributed by atoms with E-state index in [0.717, 1.165) is 23.8 Å². The molecule has 1 aromatic heterocycles. The van der Waals surface area contributed by atoms with Gasteiger partial charge in [0.25, 0.3) is 0 Å². The van der Waals surface area contributed by atoms with Crippen LogP contribution < -0.4 is 5.32 Å². The van der Waals surface area contributed by atoms with Crippen molar-refractivity contribution in [3.05, 3.63) is 59.8 Å². The number of ether oxygens (including phenoxy) is 1. The van der Waals surface area contributed by atoms with Crippen LogP contribution in [0, 0.1) is 5.82 Å². The minimum absolute atomic E-state index is 0. The van der Waals surface area contributed by atoms with E-state index < -0.39 is 0 Å². The van der Waals surface area contributed by atoms with Gasteiger partial charge in [0.1, 0.15) is 17.7 Å². The Bertz CT molecular complexity index is 767. The van der Waals surface area contributed by atoms with Crippen LogP contribution in [0.2, 0.25) is 0 Å². The predicted molar refractivity (Wildman–Crippen MR) is 123 cm³/mol. The van der Waals surface area contributed by atoms with Gasteiger partial charge in [0, 0.05) is 20.1 Å². The summed E-state index contributed by atoms with van der Waals surface area (Å²) in [5.41, 5.74) is 0.968. The summed E-state index contributed by atoms with van der Waals surface area (Å²) >= 11 is 0. The molecule has 29 heavy (non-hydrogen) atoms. The number of hydrogen-bond acceptors (Lipinski definition) is 4. The lowest BCUT2D eigenvalue weighted by Gasteiger charge is -2.39. The van der Waals surface area contributed by atoms with Crippen LogP contribution in [0.15, 0.2) is 52.1 Å². The lowest BCUT2D eigenvalue weighted by atomic mass is 10.1. The molecule has 1 saturated heterocycles. The second-order valence-electron chi connectivity index (χ2n) is 7.31. The fourth-order valence-corrected chi connectivity index (χ4v) is 3.52. The largest absolute Gasteiger partial charge is 0.468 e. The lowest BCUT2D eigenvalue weighted by Crippen LogP contribution is -2.51. The first-order chi connectivity index (χ1) is 13.5. The first kappa shape index (κ1) is 23.6. The number of benzene rings is 1. The summed E-state index contributed by atoms with van der Waals surface area (Å²) in [6.45, 7) is 4.11. The van der Waals surface area contributed by atoms with Gasteiger partial charge in [-0.3, -0.25) is 9.89 Å². The Morgan fingerprint density at radius 3 is 2.59 bits per heavy atom. The van der Waals surface area contributed by atoms with Crippen molar-refractivity contribution in [3.8, 4) is 0 Å². The molecule has 1 aliphatic rings. The second kappa shape index (κ2) is 10.9. The zero-order chi connectivity index (χ0) is 20.1. The highest BCUT2D eigenvalue weighted by Crippen LogP contribution is 2.26. The van der Waals surface area contributed by atoms with E-state index in [9.17, 15) is 4.39 Å². The van der Waals surface area contributed by atoms with Crippen molar-refractivity contribution in [2.75, 3.05) is 40.8 Å². The molecule has 3 atom stereocenters. The summed E-state index contributed by atoms with van der Waals surface area (Å²) in [6.07, 6.45) is 1.60. The van der Waals surface area contributed by atoms with E-state index >= 15 is 0 Å². The van der Waals surface area contributed by atoms with Crippen molar-refractivity contribution in [2.45, 2.75) is 25.2 Å². The molecule has 1 aliphatic heterocycles. The van der Waals surface area contributed by atoms with Crippen LogP contribution in [0.5, 0.6) is 0 Å². The summed E-state index contributed by atoms with van der Waals surface area (Å²) in [5, 5.41) is 3.47. The molecule has 0 aliphatic carbocycles. The average Bonchev–Trinajstić information content (AvgIpc) is 3.19. The molecule has 1 fully saturated rings. The van der Waals surface area contributed by atoms with Gasteiger partial charge in [0.05, 0.1) is 25.0 Å². The number of morpholine rings is 1. The third kappa shape index (κ3) is 6.16. The van der Waals surface area contributed by atoms with Crippen LogP contribution in [0.4, 0.5) is 4.39 Å². The molecular weight excluding hydrogens is 486 g/mol. The van der Waals surface area contributed by atoms with Gasteiger partial charge in [-0.25, -0.2) is 4.39 Å². The summed E-state index contributed by atoms with van der Waals surface area (Å²) in [6, 6.07) is 10.5. The van der Waals surface area contributed by atoms with E-state index in [4.69, 9.17) is 9.15 Å². The number of nitrogens with zero attached hydrogens (tertiary/aromatic N) is 3. The van der Waals surface area contributed by atoms with Crippen molar-refractivity contribution < 1.29 is 13.5 Å². The number of likely N-dealkylation sites (N-methyl/N-ethyl adjacent to an activating group) is 1.